The molecular weight excluding hydrogens is 594 g/mol. The second kappa shape index (κ2) is 11.3. The number of carbonyl (C=O) groups is 1. The van der Waals surface area contributed by atoms with Crippen LogP contribution in [0.5, 0.6) is 5.75 Å². The Morgan fingerprint density at radius 1 is 1.09 bits per heavy atom. The first kappa shape index (κ1) is 31.1. The van der Waals surface area contributed by atoms with Gasteiger partial charge in [0.1, 0.15) is 24.0 Å². The van der Waals surface area contributed by atoms with E-state index in [1.54, 1.807) is 0 Å². The molecule has 1 aliphatic heterocycles. The highest BCUT2D eigenvalue weighted by Gasteiger charge is 2.46. The number of anilines is 1. The Morgan fingerprint density at radius 3 is 2.45 bits per heavy atom. The van der Waals surface area contributed by atoms with Crippen molar-refractivity contribution in [1.82, 2.24) is 0 Å². The van der Waals surface area contributed by atoms with Crippen molar-refractivity contribution in [3.63, 3.8) is 0 Å². The predicted molar refractivity (Wildman–Crippen MR) is 160 cm³/mol. The smallest absolute Gasteiger partial charge is 0.418 e. The van der Waals surface area contributed by atoms with Gasteiger partial charge in [-0.3, -0.25) is 9.69 Å². The zero-order valence-corrected chi connectivity index (χ0v) is 25.3. The minimum atomic E-state index is -4.70. The number of benzene rings is 3. The van der Waals surface area contributed by atoms with Gasteiger partial charge >= 0.3 is 6.18 Å². The molecule has 0 aromatic heterocycles. The lowest BCUT2D eigenvalue weighted by atomic mass is 9.68. The van der Waals surface area contributed by atoms with E-state index < -0.39 is 28.9 Å². The van der Waals surface area contributed by atoms with Crippen LogP contribution in [-0.2, 0) is 17.6 Å². The van der Waals surface area contributed by atoms with Gasteiger partial charge in [0, 0.05) is 17.7 Å². The number of rotatable bonds is 5. The fourth-order valence-corrected chi connectivity index (χ4v) is 6.36. The Bertz CT molecular complexity index is 1790. The minimum absolute atomic E-state index is 0.0193. The van der Waals surface area contributed by atoms with E-state index in [1.807, 2.05) is 39.8 Å². The van der Waals surface area contributed by atoms with Crippen molar-refractivity contribution in [2.75, 3.05) is 4.90 Å². The van der Waals surface area contributed by atoms with Crippen molar-refractivity contribution < 1.29 is 27.1 Å². The summed E-state index contributed by atoms with van der Waals surface area (Å²) in [5.41, 5.74) is 8.45. The van der Waals surface area contributed by atoms with Gasteiger partial charge in [0.25, 0.3) is 0 Å². The van der Waals surface area contributed by atoms with Crippen LogP contribution in [0, 0.1) is 36.4 Å². The third kappa shape index (κ3) is 5.67. The third-order valence-electron chi connectivity index (χ3n) is 8.14. The van der Waals surface area contributed by atoms with Crippen molar-refractivity contribution in [3.8, 4) is 11.8 Å². The number of Topliss-reactive ketones (excluding diaryl/α,β-unsaturated/α-hetero) is 1. The maximum atomic E-state index is 14.2. The molecule has 3 aromatic rings. The Kier molecular flexibility index (Phi) is 8.02. The number of halogens is 5. The van der Waals surface area contributed by atoms with Crippen LogP contribution in [0.25, 0.3) is 0 Å². The van der Waals surface area contributed by atoms with Crippen LogP contribution in [0.3, 0.4) is 0 Å². The van der Waals surface area contributed by atoms with E-state index in [9.17, 15) is 27.6 Å². The Hall–Kier alpha value is -4.29. The number of ether oxygens (including phenoxy) is 1. The van der Waals surface area contributed by atoms with Gasteiger partial charge in [-0.05, 0) is 78.3 Å². The maximum absolute atomic E-state index is 14.2. The van der Waals surface area contributed by atoms with E-state index in [-0.39, 0.29) is 58.7 Å². The van der Waals surface area contributed by atoms with Crippen LogP contribution in [0.1, 0.15) is 60.4 Å². The number of nitriles is 1. The Morgan fingerprint density at radius 2 is 1.80 bits per heavy atom. The molecule has 44 heavy (non-hydrogen) atoms. The number of para-hydroxylation sites is 1. The number of carbonyl (C=O) groups excluding carboxylic acids is 1. The first-order valence-corrected chi connectivity index (χ1v) is 14.3. The summed E-state index contributed by atoms with van der Waals surface area (Å²) in [6.45, 7) is 7.54. The molecule has 0 amide bonds. The van der Waals surface area contributed by atoms with Crippen molar-refractivity contribution >= 4 is 23.1 Å². The molecule has 0 radical (unpaired) electrons. The number of alkyl halides is 3. The minimum Gasteiger partial charge on any atom is -0.487 e. The van der Waals surface area contributed by atoms with E-state index in [2.05, 4.69) is 6.07 Å². The summed E-state index contributed by atoms with van der Waals surface area (Å²) in [4.78, 5) is 15.2. The van der Waals surface area contributed by atoms with Gasteiger partial charge in [0.2, 0.25) is 0 Å². The van der Waals surface area contributed by atoms with Crippen molar-refractivity contribution in [2.24, 2.45) is 11.1 Å². The van der Waals surface area contributed by atoms with Crippen LogP contribution in [0.15, 0.2) is 77.3 Å². The average molecular weight is 624 g/mol. The third-order valence-corrected chi connectivity index (χ3v) is 8.44. The monoisotopic (exact) mass is 623 g/mol. The second-order valence-electron chi connectivity index (χ2n) is 12.0. The molecule has 1 aliphatic carbocycles. The van der Waals surface area contributed by atoms with Crippen LogP contribution in [0.2, 0.25) is 5.02 Å². The van der Waals surface area contributed by atoms with Gasteiger partial charge in [-0.1, -0.05) is 49.7 Å². The first-order chi connectivity index (χ1) is 20.6. The van der Waals surface area contributed by atoms with Gasteiger partial charge in [0.05, 0.1) is 33.8 Å². The molecular formula is C34H30ClF4N3O2. The molecule has 1 unspecified atom stereocenters. The molecule has 1 heterocycles. The van der Waals surface area contributed by atoms with Gasteiger partial charge in [0.15, 0.2) is 5.78 Å². The fourth-order valence-electron chi connectivity index (χ4n) is 6.13. The lowest BCUT2D eigenvalue weighted by Gasteiger charge is -2.44. The topological polar surface area (TPSA) is 79.4 Å². The van der Waals surface area contributed by atoms with Crippen molar-refractivity contribution in [3.05, 3.63) is 116 Å². The molecule has 10 heteroatoms. The maximum Gasteiger partial charge on any atom is 0.418 e. The number of hydrogen-bond acceptors (Lipinski definition) is 5. The number of hydrogen-bond donors (Lipinski definition) is 1. The lowest BCUT2D eigenvalue weighted by molar-refractivity contribution is -0.137. The summed E-state index contributed by atoms with van der Waals surface area (Å²) in [5.74, 6) is -1.54. The second-order valence-corrected chi connectivity index (χ2v) is 12.4. The first-order valence-electron chi connectivity index (χ1n) is 13.9. The highest BCUT2D eigenvalue weighted by atomic mass is 35.5. The van der Waals surface area contributed by atoms with Gasteiger partial charge < -0.3 is 10.5 Å². The molecule has 0 spiro atoms. The van der Waals surface area contributed by atoms with E-state index in [4.69, 9.17) is 22.1 Å². The van der Waals surface area contributed by atoms with Crippen molar-refractivity contribution in [2.45, 2.75) is 59.2 Å². The van der Waals surface area contributed by atoms with Gasteiger partial charge in [-0.2, -0.15) is 18.4 Å². The van der Waals surface area contributed by atoms with Gasteiger partial charge in [-0.15, -0.1) is 0 Å². The standard InChI is InChI=1S/C34H30ClF4N3O2/c1-18-11-19(2)22(12-20(18)17-44-29-10-9-21(36)13-25(29)35)30-23(16-40)32(41)42(26-8-6-5-7-24(26)34(37,38)39)27-14-33(3,4)15-28(43)31(27)30/h5-13,30H,14-15,17,41H2,1-4H3. The Balaban J connectivity index is 1.69. The molecule has 228 valence electrons. The van der Waals surface area contributed by atoms with E-state index in [0.29, 0.717) is 11.3 Å². The summed E-state index contributed by atoms with van der Waals surface area (Å²) >= 11 is 6.15. The largest absolute Gasteiger partial charge is 0.487 e. The molecule has 0 saturated carbocycles. The van der Waals surface area contributed by atoms with E-state index in [1.165, 1.54) is 35.2 Å². The SMILES string of the molecule is Cc1cc(C)c(C2C(C#N)=C(N)N(c3ccccc3C(F)(F)F)C3=C2C(=O)CC(C)(C)C3)cc1COc1ccc(F)cc1Cl. The molecule has 2 N–H and O–H groups in total. The molecule has 5 nitrogen and oxygen atoms in total. The number of nitrogens with zero attached hydrogens (tertiary/aromatic N) is 2. The number of nitrogens with two attached hydrogens (primary N) is 1. The summed E-state index contributed by atoms with van der Waals surface area (Å²) in [6.07, 6.45) is -4.29. The number of allylic oxidation sites excluding steroid dienone is 3. The van der Waals surface area contributed by atoms with Crippen LogP contribution >= 0.6 is 11.6 Å². The summed E-state index contributed by atoms with van der Waals surface area (Å²) in [7, 11) is 0. The van der Waals surface area contributed by atoms with E-state index >= 15 is 0 Å². The molecule has 1 atom stereocenters. The normalized spacial score (nSPS) is 18.3. The Labute approximate surface area is 258 Å². The van der Waals surface area contributed by atoms with Crippen LogP contribution in [0.4, 0.5) is 23.2 Å². The fraction of sp³-hybridized carbons (Fsp3) is 0.294. The van der Waals surface area contributed by atoms with E-state index in [0.717, 1.165) is 28.8 Å². The summed E-state index contributed by atoms with van der Waals surface area (Å²) in [6, 6.07) is 14.7. The molecule has 0 saturated heterocycles. The number of aryl methyl sites for hydroxylation is 2. The van der Waals surface area contributed by atoms with Gasteiger partial charge in [-0.25, -0.2) is 4.39 Å². The quantitative estimate of drug-likeness (QED) is 0.288. The molecule has 0 bridgehead atoms. The van der Waals surface area contributed by atoms with Crippen molar-refractivity contribution in [1.29, 1.82) is 5.26 Å². The molecule has 0 fully saturated rings. The molecule has 2 aliphatic rings. The average Bonchev–Trinajstić information content (AvgIpc) is 2.92. The predicted octanol–water partition coefficient (Wildman–Crippen LogP) is 8.63. The highest BCUT2D eigenvalue weighted by molar-refractivity contribution is 6.32. The van der Waals surface area contributed by atoms with Crippen LogP contribution < -0.4 is 15.4 Å². The summed E-state index contributed by atoms with van der Waals surface area (Å²) < 4.78 is 62.1. The zero-order valence-electron chi connectivity index (χ0n) is 24.6. The highest BCUT2D eigenvalue weighted by Crippen LogP contribution is 2.52. The summed E-state index contributed by atoms with van der Waals surface area (Å²) in [5, 5.41) is 10.6. The van der Waals surface area contributed by atoms with Crippen LogP contribution in [-0.4, -0.2) is 5.78 Å². The zero-order chi connectivity index (χ0) is 32.1. The molecule has 5 rings (SSSR count). The number of ketones is 1. The molecule has 3 aromatic carbocycles. The lowest BCUT2D eigenvalue weighted by Crippen LogP contribution is -2.42.